The van der Waals surface area contributed by atoms with Gasteiger partial charge in [0, 0.05) is 24.5 Å². The lowest BCUT2D eigenvalue weighted by atomic mass is 9.80. The molecule has 1 aromatic rings. The fourth-order valence-electron chi connectivity index (χ4n) is 5.64. The van der Waals surface area contributed by atoms with Gasteiger partial charge in [-0.25, -0.2) is 9.68 Å². The van der Waals surface area contributed by atoms with E-state index in [2.05, 4.69) is 59.7 Å². The molecule has 4 unspecified atom stereocenters. The van der Waals surface area contributed by atoms with Gasteiger partial charge in [0.2, 0.25) is 0 Å². The van der Waals surface area contributed by atoms with Crippen LogP contribution in [-0.4, -0.2) is 37.4 Å². The van der Waals surface area contributed by atoms with E-state index in [1.807, 2.05) is 0 Å². The number of nitrogens with zero attached hydrogens (tertiary/aromatic N) is 2. The van der Waals surface area contributed by atoms with Crippen molar-refractivity contribution in [2.75, 3.05) is 25.4 Å². The topological polar surface area (TPSA) is 30.9 Å². The van der Waals surface area contributed by atoms with E-state index in [9.17, 15) is 0 Å². The third kappa shape index (κ3) is 3.26. The summed E-state index contributed by atoms with van der Waals surface area (Å²) >= 11 is 0. The van der Waals surface area contributed by atoms with Crippen LogP contribution in [-0.2, 0) is 9.68 Å². The number of hydrogen-bond acceptors (Lipinski definition) is 4. The molecule has 5 heteroatoms. The number of hydrogen-bond donors (Lipinski definition) is 0. The first-order valence-electron chi connectivity index (χ1n) is 11.4. The lowest BCUT2D eigenvalue weighted by molar-refractivity contribution is -0.0274. The van der Waals surface area contributed by atoms with Gasteiger partial charge in [0.25, 0.3) is 0 Å². The van der Waals surface area contributed by atoms with E-state index < -0.39 is 11.2 Å². The van der Waals surface area contributed by atoms with Crippen molar-refractivity contribution in [3.63, 3.8) is 0 Å². The van der Waals surface area contributed by atoms with Gasteiger partial charge in [-0.3, -0.25) is 4.48 Å². The summed E-state index contributed by atoms with van der Waals surface area (Å²) in [5, 5.41) is 1.57. The van der Waals surface area contributed by atoms with Crippen LogP contribution in [0.4, 0.5) is 11.4 Å². The SMILES string of the molecule is CCCC1C2CCC(C)C[N+]1(c1ccc(N3OC(C)(C)C(C)(C)O3)cc1OC)C2. The van der Waals surface area contributed by atoms with E-state index >= 15 is 0 Å². The van der Waals surface area contributed by atoms with Gasteiger partial charge in [0.1, 0.15) is 17.2 Å². The van der Waals surface area contributed by atoms with E-state index in [4.69, 9.17) is 14.4 Å². The summed E-state index contributed by atoms with van der Waals surface area (Å²) in [6.07, 6.45) is 5.27. The van der Waals surface area contributed by atoms with Crippen molar-refractivity contribution >= 4 is 11.4 Å². The highest BCUT2D eigenvalue weighted by atomic mass is 17.0. The molecule has 4 fully saturated rings. The predicted octanol–water partition coefficient (Wildman–Crippen LogP) is 5.47. The molecule has 0 amide bonds. The van der Waals surface area contributed by atoms with Crippen molar-refractivity contribution < 1.29 is 14.4 Å². The minimum Gasteiger partial charge on any atom is -0.491 e. The average Bonchev–Trinajstić information content (AvgIpc) is 2.80. The molecule has 0 saturated carbocycles. The Labute approximate surface area is 176 Å². The van der Waals surface area contributed by atoms with E-state index in [-0.39, 0.29) is 0 Å². The van der Waals surface area contributed by atoms with Crippen LogP contribution in [0.25, 0.3) is 0 Å². The summed E-state index contributed by atoms with van der Waals surface area (Å²) in [6, 6.07) is 7.21. The molecule has 0 aromatic heterocycles. The summed E-state index contributed by atoms with van der Waals surface area (Å²) in [5.74, 6) is 2.56. The summed E-state index contributed by atoms with van der Waals surface area (Å²) in [7, 11) is 1.79. The normalized spacial score (nSPS) is 35.1. The van der Waals surface area contributed by atoms with Crippen molar-refractivity contribution in [2.45, 2.75) is 84.5 Å². The molecule has 0 radical (unpaired) electrons. The predicted molar refractivity (Wildman–Crippen MR) is 118 cm³/mol. The smallest absolute Gasteiger partial charge is 0.182 e. The van der Waals surface area contributed by atoms with E-state index in [1.54, 1.807) is 12.3 Å². The molecule has 4 aliphatic rings. The van der Waals surface area contributed by atoms with Crippen LogP contribution in [0.3, 0.4) is 0 Å². The Morgan fingerprint density at radius 3 is 2.41 bits per heavy atom. The number of ether oxygens (including phenoxy) is 1. The average molecular weight is 404 g/mol. The quantitative estimate of drug-likeness (QED) is 0.610. The van der Waals surface area contributed by atoms with Crippen LogP contribution in [0, 0.1) is 11.8 Å². The number of fused-ring (bicyclic) bond motifs is 3. The highest BCUT2D eigenvalue weighted by molar-refractivity contribution is 5.65. The molecule has 29 heavy (non-hydrogen) atoms. The Kier molecular flexibility index (Phi) is 5.16. The Hall–Kier alpha value is -1.30. The van der Waals surface area contributed by atoms with E-state index in [0.29, 0.717) is 0 Å². The van der Waals surface area contributed by atoms with Gasteiger partial charge in [-0.05, 0) is 46.6 Å². The Morgan fingerprint density at radius 1 is 1.10 bits per heavy atom. The first kappa shape index (κ1) is 21.0. The number of rotatable bonds is 5. The summed E-state index contributed by atoms with van der Waals surface area (Å²) in [6.45, 7) is 15.4. The van der Waals surface area contributed by atoms with E-state index in [0.717, 1.165) is 33.8 Å². The number of benzene rings is 1. The number of quaternary nitrogens is 1. The van der Waals surface area contributed by atoms with Crippen LogP contribution in [0.1, 0.15) is 67.2 Å². The molecular weight excluding hydrogens is 364 g/mol. The molecule has 2 bridgehead atoms. The summed E-state index contributed by atoms with van der Waals surface area (Å²) < 4.78 is 7.03. The summed E-state index contributed by atoms with van der Waals surface area (Å²) in [5.41, 5.74) is 1.40. The maximum Gasteiger partial charge on any atom is 0.182 e. The van der Waals surface area contributed by atoms with Gasteiger partial charge in [-0.1, -0.05) is 20.3 Å². The molecule has 5 rings (SSSR count). The van der Waals surface area contributed by atoms with Crippen LogP contribution in [0.2, 0.25) is 0 Å². The standard InChI is InChI=1S/C24H39N2O3/c1-8-9-20-18-11-10-17(2)15-26(20,16-18)21-13-12-19(14-22(21)27-7)25-28-23(3,4)24(5,6)29-25/h12-14,17-18,20H,8-11,15-16H2,1-7H3/q+1. The Balaban J connectivity index is 1.68. The van der Waals surface area contributed by atoms with Crippen molar-refractivity contribution in [3.05, 3.63) is 18.2 Å². The second-order valence-electron chi connectivity index (χ2n) is 10.5. The fraction of sp³-hybridized carbons (Fsp3) is 0.750. The highest BCUT2D eigenvalue weighted by Crippen LogP contribution is 2.52. The lowest BCUT2D eigenvalue weighted by Gasteiger charge is -2.56. The molecule has 4 heterocycles. The largest absolute Gasteiger partial charge is 0.491 e. The third-order valence-electron chi connectivity index (χ3n) is 7.92. The van der Waals surface area contributed by atoms with Crippen LogP contribution < -0.4 is 14.4 Å². The van der Waals surface area contributed by atoms with Crippen molar-refractivity contribution in [2.24, 2.45) is 11.8 Å². The molecular formula is C24H39N2O3+. The Bertz CT molecular complexity index is 746. The molecule has 162 valence electrons. The molecule has 5 nitrogen and oxygen atoms in total. The zero-order chi connectivity index (χ0) is 21.0. The van der Waals surface area contributed by atoms with Crippen molar-refractivity contribution in [1.29, 1.82) is 0 Å². The number of anilines is 1. The van der Waals surface area contributed by atoms with Gasteiger partial charge < -0.3 is 4.74 Å². The lowest BCUT2D eigenvalue weighted by Crippen LogP contribution is -2.72. The molecule has 0 N–H and O–H groups in total. The van der Waals surface area contributed by atoms with Crippen LogP contribution in [0.15, 0.2) is 18.2 Å². The third-order valence-corrected chi connectivity index (χ3v) is 7.92. The molecule has 1 aromatic carbocycles. The second-order valence-corrected chi connectivity index (χ2v) is 10.5. The first-order chi connectivity index (χ1) is 13.6. The van der Waals surface area contributed by atoms with Crippen molar-refractivity contribution in [1.82, 2.24) is 4.48 Å². The molecule has 0 aliphatic carbocycles. The first-order valence-corrected chi connectivity index (χ1v) is 11.4. The Morgan fingerprint density at radius 2 is 1.79 bits per heavy atom. The van der Waals surface area contributed by atoms with Crippen LogP contribution in [0.5, 0.6) is 5.75 Å². The fourth-order valence-corrected chi connectivity index (χ4v) is 5.64. The van der Waals surface area contributed by atoms with Gasteiger partial charge in [0.05, 0.1) is 31.8 Å². The van der Waals surface area contributed by atoms with Gasteiger partial charge in [0.15, 0.2) is 11.4 Å². The van der Waals surface area contributed by atoms with E-state index in [1.165, 1.54) is 44.5 Å². The molecule has 4 saturated heterocycles. The van der Waals surface area contributed by atoms with Crippen molar-refractivity contribution in [3.8, 4) is 5.75 Å². The maximum absolute atomic E-state index is 6.12. The van der Waals surface area contributed by atoms with Gasteiger partial charge in [-0.2, -0.15) is 0 Å². The summed E-state index contributed by atoms with van der Waals surface area (Å²) in [4.78, 5) is 12.2. The monoisotopic (exact) mass is 403 g/mol. The zero-order valence-corrected chi connectivity index (χ0v) is 19.3. The molecule has 4 atom stereocenters. The number of methoxy groups -OCH3 is 1. The van der Waals surface area contributed by atoms with Crippen LogP contribution >= 0.6 is 0 Å². The molecule has 4 aliphatic heterocycles. The minimum atomic E-state index is -0.405. The zero-order valence-electron chi connectivity index (χ0n) is 19.3. The highest BCUT2D eigenvalue weighted by Gasteiger charge is 2.58. The second kappa shape index (κ2) is 7.14. The van der Waals surface area contributed by atoms with Gasteiger partial charge >= 0.3 is 0 Å². The maximum atomic E-state index is 6.12. The minimum absolute atomic E-state index is 0.405. The van der Waals surface area contributed by atoms with Gasteiger partial charge in [-0.15, -0.1) is 5.23 Å². The molecule has 0 spiro atoms.